The molecule has 2 aliphatic rings. The van der Waals surface area contributed by atoms with E-state index in [2.05, 4.69) is 9.97 Å². The number of nitrogens with zero attached hydrogens (tertiary/aromatic N) is 3. The highest BCUT2D eigenvalue weighted by atomic mass is 16.6. The third kappa shape index (κ3) is 2.91. The van der Waals surface area contributed by atoms with Gasteiger partial charge in [-0.2, -0.15) is 0 Å². The summed E-state index contributed by atoms with van der Waals surface area (Å²) in [6, 6.07) is 5.66. The molecule has 6 heteroatoms. The van der Waals surface area contributed by atoms with E-state index in [4.69, 9.17) is 9.47 Å². The zero-order chi connectivity index (χ0) is 16.4. The molecule has 0 spiro atoms. The van der Waals surface area contributed by atoms with Crippen LogP contribution in [0, 0.1) is 0 Å². The Morgan fingerprint density at radius 1 is 1.00 bits per heavy atom. The zero-order valence-electron chi connectivity index (χ0n) is 13.4. The molecule has 2 aromatic rings. The number of ether oxygens (including phenoxy) is 2. The first-order chi connectivity index (χ1) is 11.8. The fourth-order valence-electron chi connectivity index (χ4n) is 3.07. The molecule has 1 saturated heterocycles. The average Bonchev–Trinajstić information content (AvgIpc) is 2.68. The largest absolute Gasteiger partial charge is 0.486 e. The lowest BCUT2D eigenvalue weighted by Gasteiger charge is -2.26. The van der Waals surface area contributed by atoms with Crippen molar-refractivity contribution in [2.24, 2.45) is 0 Å². The van der Waals surface area contributed by atoms with Crippen LogP contribution in [0.4, 0.5) is 0 Å². The minimum absolute atomic E-state index is 0.0402. The maximum Gasteiger partial charge on any atom is 0.274 e. The first-order valence-electron chi connectivity index (χ1n) is 8.32. The van der Waals surface area contributed by atoms with Gasteiger partial charge >= 0.3 is 0 Å². The van der Waals surface area contributed by atoms with E-state index in [9.17, 15) is 4.79 Å². The summed E-state index contributed by atoms with van der Waals surface area (Å²) < 4.78 is 11.1. The minimum Gasteiger partial charge on any atom is -0.486 e. The summed E-state index contributed by atoms with van der Waals surface area (Å²) in [7, 11) is 0. The zero-order valence-corrected chi connectivity index (χ0v) is 13.4. The third-order valence-corrected chi connectivity index (χ3v) is 4.33. The summed E-state index contributed by atoms with van der Waals surface area (Å²) in [6.07, 6.45) is 6.51. The molecule has 3 heterocycles. The van der Waals surface area contributed by atoms with Gasteiger partial charge in [0.2, 0.25) is 0 Å². The molecule has 0 atom stereocenters. The molecule has 0 aliphatic carbocycles. The van der Waals surface area contributed by atoms with Crippen molar-refractivity contribution in [3.63, 3.8) is 0 Å². The first kappa shape index (κ1) is 14.9. The van der Waals surface area contributed by atoms with E-state index in [1.807, 2.05) is 23.1 Å². The predicted molar refractivity (Wildman–Crippen MR) is 88.2 cm³/mol. The highest BCUT2D eigenvalue weighted by Crippen LogP contribution is 2.33. The number of likely N-dealkylation sites (tertiary alicyclic amines) is 1. The Bertz CT molecular complexity index is 757. The molecule has 4 rings (SSSR count). The van der Waals surface area contributed by atoms with Gasteiger partial charge in [-0.25, -0.2) is 4.98 Å². The van der Waals surface area contributed by atoms with Gasteiger partial charge in [0.05, 0.1) is 18.1 Å². The topological polar surface area (TPSA) is 64.5 Å². The van der Waals surface area contributed by atoms with Crippen molar-refractivity contribution in [3.8, 4) is 22.8 Å². The van der Waals surface area contributed by atoms with E-state index in [-0.39, 0.29) is 5.91 Å². The van der Waals surface area contributed by atoms with Gasteiger partial charge in [0.25, 0.3) is 5.91 Å². The van der Waals surface area contributed by atoms with Gasteiger partial charge in [-0.15, -0.1) is 0 Å². The smallest absolute Gasteiger partial charge is 0.274 e. The highest BCUT2D eigenvalue weighted by Gasteiger charge is 2.20. The van der Waals surface area contributed by atoms with Gasteiger partial charge in [-0.1, -0.05) is 0 Å². The van der Waals surface area contributed by atoms with Crippen LogP contribution in [0.2, 0.25) is 0 Å². The van der Waals surface area contributed by atoms with E-state index >= 15 is 0 Å². The van der Waals surface area contributed by atoms with E-state index in [0.717, 1.165) is 37.2 Å². The second-order valence-corrected chi connectivity index (χ2v) is 6.00. The van der Waals surface area contributed by atoms with E-state index in [0.29, 0.717) is 30.4 Å². The molecule has 1 aromatic heterocycles. The van der Waals surface area contributed by atoms with Crippen molar-refractivity contribution >= 4 is 5.91 Å². The van der Waals surface area contributed by atoms with Crippen molar-refractivity contribution in [2.75, 3.05) is 26.3 Å². The molecule has 0 radical (unpaired) electrons. The second-order valence-electron chi connectivity index (χ2n) is 6.00. The van der Waals surface area contributed by atoms with Crippen LogP contribution >= 0.6 is 0 Å². The molecule has 0 bridgehead atoms. The number of carbonyl (C=O) groups is 1. The number of fused-ring (bicyclic) bond motifs is 1. The summed E-state index contributed by atoms with van der Waals surface area (Å²) >= 11 is 0. The Morgan fingerprint density at radius 2 is 1.79 bits per heavy atom. The number of benzene rings is 1. The predicted octanol–water partition coefficient (Wildman–Crippen LogP) is 2.54. The lowest BCUT2D eigenvalue weighted by molar-refractivity contribution is 0.0718. The van der Waals surface area contributed by atoms with Crippen molar-refractivity contribution < 1.29 is 14.3 Å². The van der Waals surface area contributed by atoms with Crippen LogP contribution in [0.1, 0.15) is 29.8 Å². The fraction of sp³-hybridized carbons (Fsp3) is 0.389. The molecule has 0 unspecified atom stereocenters. The maximum atomic E-state index is 12.6. The normalized spacial score (nSPS) is 16.8. The summed E-state index contributed by atoms with van der Waals surface area (Å²) in [6.45, 7) is 2.70. The van der Waals surface area contributed by atoms with Crippen LogP contribution in [0.15, 0.2) is 30.6 Å². The van der Waals surface area contributed by atoms with Crippen LogP contribution in [0.5, 0.6) is 11.5 Å². The Morgan fingerprint density at radius 3 is 2.62 bits per heavy atom. The SMILES string of the molecule is O=C(c1cncc(-c2ccc3c(c2)OCCO3)n1)N1CCCCC1. The van der Waals surface area contributed by atoms with Crippen molar-refractivity contribution in [3.05, 3.63) is 36.3 Å². The number of amides is 1. The molecule has 124 valence electrons. The standard InChI is InChI=1S/C18H19N3O3/c22-18(21-6-2-1-3-7-21)15-12-19-11-14(20-15)13-4-5-16-17(10-13)24-9-8-23-16/h4-5,10-12H,1-3,6-9H2. The van der Waals surface area contributed by atoms with Crippen LogP contribution in [0.3, 0.4) is 0 Å². The minimum atomic E-state index is -0.0402. The Balaban J connectivity index is 1.61. The molecule has 1 fully saturated rings. The van der Waals surface area contributed by atoms with Crippen molar-refractivity contribution in [1.29, 1.82) is 0 Å². The quantitative estimate of drug-likeness (QED) is 0.849. The Labute approximate surface area is 140 Å². The molecule has 24 heavy (non-hydrogen) atoms. The molecular formula is C18H19N3O3. The number of aromatic nitrogens is 2. The monoisotopic (exact) mass is 325 g/mol. The van der Waals surface area contributed by atoms with Crippen molar-refractivity contribution in [1.82, 2.24) is 14.9 Å². The summed E-state index contributed by atoms with van der Waals surface area (Å²) in [5, 5.41) is 0. The van der Waals surface area contributed by atoms with Crippen LogP contribution in [-0.2, 0) is 0 Å². The van der Waals surface area contributed by atoms with Gasteiger partial charge < -0.3 is 14.4 Å². The van der Waals surface area contributed by atoms with Gasteiger partial charge in [-0.05, 0) is 37.5 Å². The second kappa shape index (κ2) is 6.47. The highest BCUT2D eigenvalue weighted by molar-refractivity contribution is 5.92. The number of carbonyl (C=O) groups excluding carboxylic acids is 1. The number of hydrogen-bond acceptors (Lipinski definition) is 5. The summed E-state index contributed by atoms with van der Waals surface area (Å²) in [5.41, 5.74) is 1.92. The van der Waals surface area contributed by atoms with Gasteiger partial charge in [-0.3, -0.25) is 9.78 Å². The molecule has 1 amide bonds. The number of piperidine rings is 1. The molecule has 0 saturated carbocycles. The van der Waals surface area contributed by atoms with Gasteiger partial charge in [0, 0.05) is 18.7 Å². The molecule has 1 aromatic carbocycles. The maximum absolute atomic E-state index is 12.6. The van der Waals surface area contributed by atoms with Gasteiger partial charge in [0.15, 0.2) is 11.5 Å². The Kier molecular flexibility index (Phi) is 4.02. The molecule has 2 aliphatic heterocycles. The molecule has 0 N–H and O–H groups in total. The fourth-order valence-corrected chi connectivity index (χ4v) is 3.07. The summed E-state index contributed by atoms with van der Waals surface area (Å²) in [5.74, 6) is 1.40. The average molecular weight is 325 g/mol. The van der Waals surface area contributed by atoms with Crippen LogP contribution < -0.4 is 9.47 Å². The lowest BCUT2D eigenvalue weighted by Crippen LogP contribution is -2.36. The van der Waals surface area contributed by atoms with E-state index in [1.54, 1.807) is 12.4 Å². The van der Waals surface area contributed by atoms with E-state index in [1.165, 1.54) is 6.42 Å². The number of hydrogen-bond donors (Lipinski definition) is 0. The van der Waals surface area contributed by atoms with Gasteiger partial charge in [0.1, 0.15) is 18.9 Å². The van der Waals surface area contributed by atoms with E-state index < -0.39 is 0 Å². The van der Waals surface area contributed by atoms with Crippen LogP contribution in [-0.4, -0.2) is 47.1 Å². The first-order valence-corrected chi connectivity index (χ1v) is 8.32. The summed E-state index contributed by atoms with van der Waals surface area (Å²) in [4.78, 5) is 23.2. The molecular weight excluding hydrogens is 306 g/mol. The third-order valence-electron chi connectivity index (χ3n) is 4.33. The molecule has 6 nitrogen and oxygen atoms in total. The number of rotatable bonds is 2. The van der Waals surface area contributed by atoms with Crippen LogP contribution in [0.25, 0.3) is 11.3 Å². The Hall–Kier alpha value is -2.63. The van der Waals surface area contributed by atoms with Crippen molar-refractivity contribution in [2.45, 2.75) is 19.3 Å². The lowest BCUT2D eigenvalue weighted by atomic mass is 10.1.